The van der Waals surface area contributed by atoms with Gasteiger partial charge in [0.2, 0.25) is 0 Å². The van der Waals surface area contributed by atoms with E-state index in [1.165, 1.54) is 0 Å². The third-order valence-electron chi connectivity index (χ3n) is 1.04. The molecule has 12 heavy (non-hydrogen) atoms. The van der Waals surface area contributed by atoms with Gasteiger partial charge in [0.25, 0.3) is 0 Å². The van der Waals surface area contributed by atoms with Gasteiger partial charge >= 0.3 is 5.97 Å². The number of hydrogen-bond donors (Lipinski definition) is 3. The van der Waals surface area contributed by atoms with Crippen molar-refractivity contribution in [1.82, 2.24) is 0 Å². The molecule has 0 radical (unpaired) electrons. The highest BCUT2D eigenvalue weighted by Crippen LogP contribution is 2.01. The minimum atomic E-state index is -0.913. The molecule has 0 aliphatic heterocycles. The Morgan fingerprint density at radius 2 is 1.83 bits per heavy atom. The van der Waals surface area contributed by atoms with Gasteiger partial charge < -0.3 is 15.9 Å². The summed E-state index contributed by atoms with van der Waals surface area (Å²) >= 11 is 0. The van der Waals surface area contributed by atoms with Crippen LogP contribution >= 0.6 is 0 Å². The van der Waals surface area contributed by atoms with Gasteiger partial charge in [0.05, 0.1) is 0 Å². The average Bonchev–Trinajstić information content (AvgIpc) is 1.87. The van der Waals surface area contributed by atoms with Gasteiger partial charge in [0.1, 0.15) is 6.04 Å². The van der Waals surface area contributed by atoms with Crippen LogP contribution in [0.3, 0.4) is 0 Å². The van der Waals surface area contributed by atoms with E-state index in [4.69, 9.17) is 15.9 Å². The van der Waals surface area contributed by atoms with Crippen LogP contribution in [0.5, 0.6) is 0 Å². The fourth-order valence-corrected chi connectivity index (χ4v) is 0.609. The molecule has 1 atom stereocenters. The van der Waals surface area contributed by atoms with Crippen LogP contribution in [-0.4, -0.2) is 28.8 Å². The molecule has 0 rings (SSSR count). The molecule has 0 heterocycles. The lowest BCUT2D eigenvalue weighted by atomic mass is 10.1. The number of carboxylic acid groups (broad SMARTS) is 1. The van der Waals surface area contributed by atoms with E-state index in [2.05, 4.69) is 0 Å². The molecular formula is C8H19NO3. The van der Waals surface area contributed by atoms with Gasteiger partial charge in [-0.25, -0.2) is 0 Å². The summed E-state index contributed by atoms with van der Waals surface area (Å²) in [5.74, 6) is -0.556. The molecule has 4 heteroatoms. The lowest BCUT2D eigenvalue weighted by Crippen LogP contribution is -2.31. The normalized spacial score (nSPS) is 11.8. The SMILES string of the molecule is CC(C)CC(N)C(=O)O.CCO. The zero-order chi connectivity index (χ0) is 10.1. The molecule has 0 aromatic rings. The Bertz CT molecular complexity index is 115. The van der Waals surface area contributed by atoms with Crippen molar-refractivity contribution in [2.75, 3.05) is 6.61 Å². The van der Waals surface area contributed by atoms with Crippen LogP contribution in [0.25, 0.3) is 0 Å². The first kappa shape index (κ1) is 13.9. The van der Waals surface area contributed by atoms with Crippen molar-refractivity contribution < 1.29 is 15.0 Å². The molecule has 0 saturated carbocycles. The van der Waals surface area contributed by atoms with Gasteiger partial charge in [-0.2, -0.15) is 0 Å². The second kappa shape index (κ2) is 8.49. The highest BCUT2D eigenvalue weighted by Gasteiger charge is 2.11. The molecule has 1 unspecified atom stereocenters. The number of aliphatic hydroxyl groups excluding tert-OH is 1. The summed E-state index contributed by atoms with van der Waals surface area (Å²) in [6.45, 7) is 5.82. The Kier molecular flexibility index (Phi) is 9.86. The Morgan fingerprint density at radius 3 is 1.92 bits per heavy atom. The smallest absolute Gasteiger partial charge is 0.320 e. The Morgan fingerprint density at radius 1 is 1.50 bits per heavy atom. The molecule has 74 valence electrons. The van der Waals surface area contributed by atoms with Crippen LogP contribution in [0.2, 0.25) is 0 Å². The molecule has 0 aliphatic carbocycles. The van der Waals surface area contributed by atoms with E-state index >= 15 is 0 Å². The predicted octanol–water partition coefficient (Wildman–Crippen LogP) is 0.443. The topological polar surface area (TPSA) is 83.6 Å². The molecule has 0 aliphatic rings. The summed E-state index contributed by atoms with van der Waals surface area (Å²) in [7, 11) is 0. The first-order valence-electron chi connectivity index (χ1n) is 4.04. The fourth-order valence-electron chi connectivity index (χ4n) is 0.609. The van der Waals surface area contributed by atoms with Gasteiger partial charge in [0, 0.05) is 6.61 Å². The number of carbonyl (C=O) groups is 1. The number of aliphatic carboxylic acids is 1. The summed E-state index contributed by atoms with van der Waals surface area (Å²) in [4.78, 5) is 10.1. The maximum absolute atomic E-state index is 10.1. The zero-order valence-corrected chi connectivity index (χ0v) is 7.95. The second-order valence-corrected chi connectivity index (χ2v) is 2.89. The molecule has 4 N–H and O–H groups in total. The lowest BCUT2D eigenvalue weighted by molar-refractivity contribution is -0.138. The van der Waals surface area contributed by atoms with Crippen LogP contribution in [0.4, 0.5) is 0 Å². The average molecular weight is 177 g/mol. The van der Waals surface area contributed by atoms with Gasteiger partial charge in [-0.1, -0.05) is 13.8 Å². The number of carboxylic acids is 1. The third kappa shape index (κ3) is 12.1. The van der Waals surface area contributed by atoms with Crippen LogP contribution in [-0.2, 0) is 4.79 Å². The Hall–Kier alpha value is -0.610. The van der Waals surface area contributed by atoms with Crippen LogP contribution < -0.4 is 5.73 Å². The van der Waals surface area contributed by atoms with Crippen molar-refractivity contribution in [3.8, 4) is 0 Å². The Balaban J connectivity index is 0. The van der Waals surface area contributed by atoms with E-state index in [0.717, 1.165) is 0 Å². The monoisotopic (exact) mass is 177 g/mol. The fraction of sp³-hybridized carbons (Fsp3) is 0.875. The van der Waals surface area contributed by atoms with Crippen molar-refractivity contribution in [3.05, 3.63) is 0 Å². The Labute approximate surface area is 73.4 Å². The van der Waals surface area contributed by atoms with Gasteiger partial charge in [-0.15, -0.1) is 0 Å². The van der Waals surface area contributed by atoms with Crippen molar-refractivity contribution in [3.63, 3.8) is 0 Å². The molecule has 0 bridgehead atoms. The van der Waals surface area contributed by atoms with Crippen molar-refractivity contribution in [1.29, 1.82) is 0 Å². The highest BCUT2D eigenvalue weighted by molar-refractivity contribution is 5.72. The third-order valence-corrected chi connectivity index (χ3v) is 1.04. The molecule has 0 fully saturated rings. The molecule has 0 aromatic heterocycles. The summed E-state index contributed by atoms with van der Waals surface area (Å²) in [6, 6.07) is -0.690. The summed E-state index contributed by atoms with van der Waals surface area (Å²) in [5, 5.41) is 15.9. The number of hydrogen-bond acceptors (Lipinski definition) is 3. The van der Waals surface area contributed by atoms with Crippen molar-refractivity contribution >= 4 is 5.97 Å². The number of aliphatic hydroxyl groups is 1. The predicted molar refractivity (Wildman–Crippen MR) is 47.8 cm³/mol. The number of nitrogens with two attached hydrogens (primary N) is 1. The van der Waals surface area contributed by atoms with Crippen LogP contribution in [0.15, 0.2) is 0 Å². The highest BCUT2D eigenvalue weighted by atomic mass is 16.4. The van der Waals surface area contributed by atoms with E-state index in [-0.39, 0.29) is 6.61 Å². The summed E-state index contributed by atoms with van der Waals surface area (Å²) in [5.41, 5.74) is 5.22. The van der Waals surface area contributed by atoms with Crippen LogP contribution in [0.1, 0.15) is 27.2 Å². The van der Waals surface area contributed by atoms with E-state index in [0.29, 0.717) is 12.3 Å². The van der Waals surface area contributed by atoms with E-state index in [1.807, 2.05) is 13.8 Å². The van der Waals surface area contributed by atoms with Crippen molar-refractivity contribution in [2.45, 2.75) is 33.2 Å². The molecule has 0 amide bonds. The molecule has 0 saturated heterocycles. The first-order valence-corrected chi connectivity index (χ1v) is 4.04. The summed E-state index contributed by atoms with van der Waals surface area (Å²) in [6.07, 6.45) is 0.551. The maximum atomic E-state index is 10.1. The van der Waals surface area contributed by atoms with E-state index in [1.54, 1.807) is 6.92 Å². The molecule has 4 nitrogen and oxygen atoms in total. The second-order valence-electron chi connectivity index (χ2n) is 2.89. The van der Waals surface area contributed by atoms with Crippen molar-refractivity contribution in [2.24, 2.45) is 11.7 Å². The maximum Gasteiger partial charge on any atom is 0.320 e. The molecule has 0 spiro atoms. The van der Waals surface area contributed by atoms with E-state index in [9.17, 15) is 4.79 Å². The van der Waals surface area contributed by atoms with Gasteiger partial charge in [-0.3, -0.25) is 4.79 Å². The largest absolute Gasteiger partial charge is 0.480 e. The standard InChI is InChI=1S/C6H13NO2.C2H6O/c1-4(2)3-5(7)6(8)9;1-2-3/h4-5H,3,7H2,1-2H3,(H,8,9);3H,2H2,1H3. The first-order chi connectivity index (χ1) is 5.45. The lowest BCUT2D eigenvalue weighted by Gasteiger charge is -2.07. The van der Waals surface area contributed by atoms with Gasteiger partial charge in [-0.05, 0) is 19.3 Å². The van der Waals surface area contributed by atoms with Crippen LogP contribution in [0, 0.1) is 5.92 Å². The molecular weight excluding hydrogens is 158 g/mol. The van der Waals surface area contributed by atoms with E-state index < -0.39 is 12.0 Å². The minimum Gasteiger partial charge on any atom is -0.480 e. The molecule has 0 aromatic carbocycles. The number of rotatable bonds is 3. The summed E-state index contributed by atoms with van der Waals surface area (Å²) < 4.78 is 0. The van der Waals surface area contributed by atoms with Gasteiger partial charge in [0.15, 0.2) is 0 Å². The zero-order valence-electron chi connectivity index (χ0n) is 7.95. The minimum absolute atomic E-state index is 0.250. The quantitative estimate of drug-likeness (QED) is 0.584.